The van der Waals surface area contributed by atoms with Gasteiger partial charge in [0.15, 0.2) is 0 Å². The van der Waals surface area contributed by atoms with Crippen LogP contribution in [-0.2, 0) is 12.8 Å². The second-order valence-electron chi connectivity index (χ2n) is 7.82. The van der Waals surface area contributed by atoms with Crippen LogP contribution in [0.5, 0.6) is 5.75 Å². The molecular formula is C21H26INO5. The third-order valence-electron chi connectivity index (χ3n) is 6.03. The molecule has 3 unspecified atom stereocenters. The maximum atomic E-state index is 13.0. The van der Waals surface area contributed by atoms with E-state index >= 15 is 0 Å². The molecule has 1 saturated heterocycles. The van der Waals surface area contributed by atoms with Crippen LogP contribution in [0.1, 0.15) is 53.4 Å². The van der Waals surface area contributed by atoms with Crippen molar-refractivity contribution < 1.29 is 14.4 Å². The van der Waals surface area contributed by atoms with Gasteiger partial charge in [0.25, 0.3) is 0 Å². The summed E-state index contributed by atoms with van der Waals surface area (Å²) in [5, 5.41) is 22.6. The molecule has 152 valence electrons. The predicted molar refractivity (Wildman–Crippen MR) is 116 cm³/mol. The van der Waals surface area contributed by atoms with Gasteiger partial charge in [-0.05, 0) is 0 Å². The quantitative estimate of drug-likeness (QED) is 0.288. The van der Waals surface area contributed by atoms with Crippen molar-refractivity contribution >= 4 is 19.8 Å². The first-order chi connectivity index (χ1) is 13.5. The second kappa shape index (κ2) is 8.00. The number of halogens is 1. The number of rotatable bonds is 4. The number of aryl methyl sites for hydroxylation is 1. The van der Waals surface area contributed by atoms with E-state index in [1.165, 1.54) is 0 Å². The minimum absolute atomic E-state index is 0.114. The van der Waals surface area contributed by atoms with Crippen molar-refractivity contribution in [1.29, 1.82) is 0 Å². The summed E-state index contributed by atoms with van der Waals surface area (Å²) in [6.45, 7) is 1.86. The third-order valence-corrected chi connectivity index (χ3v) is 11.5. The molecule has 0 amide bonds. The number of alkyl halides is 3. The van der Waals surface area contributed by atoms with E-state index < -0.39 is 31.5 Å². The Bertz CT molecular complexity index is 899. The Labute approximate surface area is 171 Å². The van der Waals surface area contributed by atoms with Crippen molar-refractivity contribution in [1.82, 2.24) is 0 Å². The molecule has 2 aliphatic carbocycles. The summed E-state index contributed by atoms with van der Waals surface area (Å²) >= 11 is -1.49. The summed E-state index contributed by atoms with van der Waals surface area (Å²) < 4.78 is 7.81. The van der Waals surface area contributed by atoms with Crippen molar-refractivity contribution in [3.63, 3.8) is 0 Å². The number of hydrogen-bond donors (Lipinski definition) is 1. The Morgan fingerprint density at radius 1 is 1.25 bits per heavy atom. The topological polar surface area (TPSA) is 93.6 Å². The van der Waals surface area contributed by atoms with E-state index in [9.17, 15) is 20.0 Å². The molecule has 1 fully saturated rings. The maximum absolute atomic E-state index is 13.0. The number of nitrogens with zero attached hydrogens (tertiary/aromatic N) is 1. The standard InChI is InChI=1S/C21H26INO5/c1-13-14(8-6-9-16(13)23(26)27)19(22-11-12-22)18-20(24)15-7-4-2-3-5-10-17(15)28-21(18)25/h6,8-9,13,16,19,24H,2-5,7,10-12H2,1H3. The van der Waals surface area contributed by atoms with E-state index in [1.807, 2.05) is 13.0 Å². The van der Waals surface area contributed by atoms with Crippen LogP contribution in [0.15, 0.2) is 33.0 Å². The molecule has 0 bridgehead atoms. The van der Waals surface area contributed by atoms with Gasteiger partial charge < -0.3 is 0 Å². The molecule has 0 radical (unpaired) electrons. The van der Waals surface area contributed by atoms with Crippen LogP contribution in [-0.4, -0.2) is 24.9 Å². The van der Waals surface area contributed by atoms with Gasteiger partial charge in [-0.25, -0.2) is 0 Å². The summed E-state index contributed by atoms with van der Waals surface area (Å²) in [5.41, 5.74) is 1.67. The molecule has 1 aromatic heterocycles. The molecule has 3 atom stereocenters. The van der Waals surface area contributed by atoms with Crippen LogP contribution in [0.25, 0.3) is 0 Å². The van der Waals surface area contributed by atoms with Crippen LogP contribution in [0.2, 0.25) is 0 Å². The van der Waals surface area contributed by atoms with Crippen LogP contribution in [0.3, 0.4) is 0 Å². The number of nitro groups is 1. The zero-order valence-electron chi connectivity index (χ0n) is 16.0. The predicted octanol–water partition coefficient (Wildman–Crippen LogP) is 4.34. The summed E-state index contributed by atoms with van der Waals surface area (Å²) in [4.78, 5) is 24.2. The Hall–Kier alpha value is -1.64. The molecular weight excluding hydrogens is 473 g/mol. The average molecular weight is 499 g/mol. The van der Waals surface area contributed by atoms with E-state index in [0.717, 1.165) is 52.1 Å². The third kappa shape index (κ3) is 3.65. The first-order valence-corrected chi connectivity index (χ1v) is 14.3. The van der Waals surface area contributed by atoms with Gasteiger partial charge in [0, 0.05) is 0 Å². The molecule has 3 aliphatic rings. The van der Waals surface area contributed by atoms with Gasteiger partial charge in [0.05, 0.1) is 0 Å². The van der Waals surface area contributed by atoms with E-state index in [0.29, 0.717) is 17.7 Å². The summed E-state index contributed by atoms with van der Waals surface area (Å²) in [6, 6.07) is -0.781. The zero-order chi connectivity index (χ0) is 19.8. The molecule has 28 heavy (non-hydrogen) atoms. The van der Waals surface area contributed by atoms with Crippen molar-refractivity contribution in [2.24, 2.45) is 5.92 Å². The van der Waals surface area contributed by atoms with Gasteiger partial charge in [-0.2, -0.15) is 0 Å². The fourth-order valence-electron chi connectivity index (χ4n) is 4.37. The number of aromatic hydroxyl groups is 1. The van der Waals surface area contributed by atoms with E-state index in [2.05, 4.69) is 0 Å². The Morgan fingerprint density at radius 2 is 1.96 bits per heavy atom. The number of fused-ring (bicyclic) bond motifs is 1. The van der Waals surface area contributed by atoms with Gasteiger partial charge in [-0.1, -0.05) is 0 Å². The van der Waals surface area contributed by atoms with Gasteiger partial charge in [0.1, 0.15) is 0 Å². The molecule has 7 heteroatoms. The normalized spacial score (nSPS) is 26.6. The minimum atomic E-state index is -1.49. The van der Waals surface area contributed by atoms with Gasteiger partial charge in [0.2, 0.25) is 0 Å². The average Bonchev–Trinajstić information content (AvgIpc) is 3.45. The molecule has 1 aromatic rings. The van der Waals surface area contributed by atoms with Gasteiger partial charge in [-0.15, -0.1) is 0 Å². The van der Waals surface area contributed by atoms with E-state index in [1.54, 1.807) is 12.2 Å². The Kier molecular flexibility index (Phi) is 5.62. The van der Waals surface area contributed by atoms with Crippen molar-refractivity contribution in [2.75, 3.05) is 8.86 Å². The Morgan fingerprint density at radius 3 is 2.64 bits per heavy atom. The molecule has 0 aromatic carbocycles. The molecule has 0 saturated carbocycles. The molecule has 0 spiro atoms. The number of allylic oxidation sites excluding steroid dienone is 2. The molecule has 4 rings (SSSR count). The van der Waals surface area contributed by atoms with Crippen LogP contribution in [0, 0.1) is 16.0 Å². The van der Waals surface area contributed by atoms with E-state index in [4.69, 9.17) is 4.42 Å². The SMILES string of the molecule is CC1C(C(c2c(O)c3c(oc2=O)CCCCCC3)I2CC2)=CC=CC1[N+](=O)[O-]. The molecule has 2 heterocycles. The Balaban J connectivity index is 1.80. The molecule has 1 N–H and O–H groups in total. The fraction of sp³-hybridized carbons (Fsp3) is 0.571. The van der Waals surface area contributed by atoms with Crippen LogP contribution >= 0.6 is 19.8 Å². The molecule has 6 nitrogen and oxygen atoms in total. The summed E-state index contributed by atoms with van der Waals surface area (Å²) in [6.07, 6.45) is 10.9. The fourth-order valence-corrected chi connectivity index (χ4v) is 10.6. The van der Waals surface area contributed by atoms with Crippen LogP contribution in [0.4, 0.5) is 0 Å². The second-order valence-corrected chi connectivity index (χ2v) is 14.1. The molecule has 1 aliphatic heterocycles. The zero-order valence-corrected chi connectivity index (χ0v) is 18.2. The first kappa shape index (κ1) is 19.7. The first-order valence-electron chi connectivity index (χ1n) is 9.98. The summed E-state index contributed by atoms with van der Waals surface area (Å²) in [5.74, 6) is 0.462. The van der Waals surface area contributed by atoms with Crippen molar-refractivity contribution in [3.05, 3.63) is 61.2 Å². The van der Waals surface area contributed by atoms with Crippen molar-refractivity contribution in [3.8, 4) is 5.75 Å². The van der Waals surface area contributed by atoms with Gasteiger partial charge >= 0.3 is 171 Å². The van der Waals surface area contributed by atoms with Gasteiger partial charge in [-0.3, -0.25) is 0 Å². The van der Waals surface area contributed by atoms with Crippen LogP contribution < -0.4 is 5.63 Å². The van der Waals surface area contributed by atoms with Crippen molar-refractivity contribution in [2.45, 2.75) is 55.4 Å². The monoisotopic (exact) mass is 499 g/mol. The summed E-state index contributed by atoms with van der Waals surface area (Å²) in [7, 11) is 0. The van der Waals surface area contributed by atoms with E-state index in [-0.39, 0.29) is 20.5 Å². The number of hydrogen-bond acceptors (Lipinski definition) is 5.